The fourth-order valence-corrected chi connectivity index (χ4v) is 10.2. The molecule has 0 heterocycles. The van der Waals surface area contributed by atoms with Crippen molar-refractivity contribution in [2.24, 2.45) is 0 Å². The molecule has 0 spiro atoms. The Kier molecular flexibility index (Phi) is 10.1. The number of anilines is 8. The minimum absolute atomic E-state index is 0.964. The third-order valence-corrected chi connectivity index (χ3v) is 13.7. The van der Waals surface area contributed by atoms with Crippen LogP contribution in [0.4, 0.5) is 45.5 Å². The van der Waals surface area contributed by atoms with E-state index in [-0.39, 0.29) is 0 Å². The van der Waals surface area contributed by atoms with Gasteiger partial charge in [0.15, 0.2) is 0 Å². The quantitative estimate of drug-likeness (QED) is 0.103. The third-order valence-electron chi connectivity index (χ3n) is 13.7. The zero-order valence-electron chi connectivity index (χ0n) is 38.2. The van der Waals surface area contributed by atoms with E-state index in [9.17, 15) is 0 Å². The predicted molar refractivity (Wildman–Crippen MR) is 301 cm³/mol. The number of para-hydroxylation sites is 2. The molecule has 0 radical (unpaired) electrons. The summed E-state index contributed by atoms with van der Waals surface area (Å²) >= 11 is 0. The van der Waals surface area contributed by atoms with Crippen LogP contribution in [-0.2, 0) is 0 Å². The van der Waals surface area contributed by atoms with E-state index >= 15 is 0 Å². The fourth-order valence-electron chi connectivity index (χ4n) is 10.2. The Balaban J connectivity index is 1.06. The number of benzene rings is 13. The van der Waals surface area contributed by atoms with Crippen molar-refractivity contribution in [1.29, 1.82) is 0 Å². The van der Waals surface area contributed by atoms with Crippen LogP contribution in [0.15, 0.2) is 255 Å². The number of nitrogens with one attached hydrogen (secondary N) is 4. The lowest BCUT2D eigenvalue weighted by Crippen LogP contribution is -2.03. The summed E-state index contributed by atoms with van der Waals surface area (Å²) in [5, 5.41) is 30.0. The second-order valence-electron chi connectivity index (χ2n) is 18.1. The second kappa shape index (κ2) is 17.4. The van der Waals surface area contributed by atoms with Gasteiger partial charge < -0.3 is 21.3 Å². The Labute approximate surface area is 406 Å². The van der Waals surface area contributed by atoms with Crippen LogP contribution in [0.1, 0.15) is 0 Å². The van der Waals surface area contributed by atoms with Crippen LogP contribution in [0.2, 0.25) is 0 Å². The standard InChI is InChI=1S/C66H46N4/c1-5-18-48-38-54(32-27-43(48)13-1)67-62-25-11-23-59(65(62)69-56-34-29-45-15-3-7-20-50(45)40-56)58-36-31-53-37-47-17-9-10-22-52(47)42-61(53)64(58)60-24-12-26-63(68-55-33-28-44-14-2-6-19-49(44)39-55)66(60)70-57-35-30-46-16-4-8-21-51(46)41-57/h1-42,67-70H. The molecule has 0 aliphatic heterocycles. The monoisotopic (exact) mass is 894 g/mol. The summed E-state index contributed by atoms with van der Waals surface area (Å²) in [4.78, 5) is 0. The zero-order valence-corrected chi connectivity index (χ0v) is 38.2. The first kappa shape index (κ1) is 40.9. The van der Waals surface area contributed by atoms with Gasteiger partial charge in [-0.15, -0.1) is 0 Å². The fraction of sp³-hybridized carbons (Fsp3) is 0. The molecule has 0 unspecified atom stereocenters. The molecule has 0 aliphatic rings. The first-order chi connectivity index (χ1) is 34.6. The Morgan fingerprint density at radius 2 is 0.543 bits per heavy atom. The van der Waals surface area contributed by atoms with Crippen LogP contribution < -0.4 is 21.3 Å². The lowest BCUT2D eigenvalue weighted by atomic mass is 9.86. The lowest BCUT2D eigenvalue weighted by Gasteiger charge is -2.24. The zero-order chi connectivity index (χ0) is 46.4. The van der Waals surface area contributed by atoms with Gasteiger partial charge in [0, 0.05) is 33.9 Å². The van der Waals surface area contributed by atoms with Crippen LogP contribution in [0.25, 0.3) is 86.9 Å². The maximum atomic E-state index is 4.01. The summed E-state index contributed by atoms with van der Waals surface area (Å²) in [7, 11) is 0. The highest BCUT2D eigenvalue weighted by molar-refractivity contribution is 6.14. The highest BCUT2D eigenvalue weighted by atomic mass is 15.0. The van der Waals surface area contributed by atoms with Crippen molar-refractivity contribution in [3.05, 3.63) is 255 Å². The van der Waals surface area contributed by atoms with Crippen LogP contribution in [0.5, 0.6) is 0 Å². The summed E-state index contributed by atoms with van der Waals surface area (Å²) in [5.41, 5.74) is 12.2. The van der Waals surface area contributed by atoms with Gasteiger partial charge in [0.05, 0.1) is 22.7 Å². The molecular weight excluding hydrogens is 849 g/mol. The Bertz CT molecular complexity index is 4150. The molecule has 0 bridgehead atoms. The summed E-state index contributed by atoms with van der Waals surface area (Å²) < 4.78 is 0. The summed E-state index contributed by atoms with van der Waals surface area (Å²) in [6.45, 7) is 0. The first-order valence-corrected chi connectivity index (χ1v) is 23.9. The molecule has 0 aliphatic carbocycles. The average Bonchev–Trinajstić information content (AvgIpc) is 3.41. The minimum Gasteiger partial charge on any atom is -0.354 e. The van der Waals surface area contributed by atoms with Crippen molar-refractivity contribution >= 4 is 110 Å². The highest BCUT2D eigenvalue weighted by Gasteiger charge is 2.22. The molecular formula is C66H46N4. The van der Waals surface area contributed by atoms with E-state index in [4.69, 9.17) is 0 Å². The molecule has 0 fully saturated rings. The lowest BCUT2D eigenvalue weighted by molar-refractivity contribution is 1.49. The van der Waals surface area contributed by atoms with Crippen molar-refractivity contribution in [2.45, 2.75) is 0 Å². The van der Waals surface area contributed by atoms with Gasteiger partial charge in [0.1, 0.15) is 0 Å². The number of rotatable bonds is 10. The van der Waals surface area contributed by atoms with E-state index in [0.717, 1.165) is 78.5 Å². The van der Waals surface area contributed by atoms with Crippen LogP contribution in [-0.4, -0.2) is 0 Å². The molecule has 0 aromatic heterocycles. The summed E-state index contributed by atoms with van der Waals surface area (Å²) in [6, 6.07) is 91.8. The Morgan fingerprint density at radius 3 is 0.986 bits per heavy atom. The van der Waals surface area contributed by atoms with Crippen molar-refractivity contribution in [3.8, 4) is 22.3 Å². The average molecular weight is 895 g/mol. The second-order valence-corrected chi connectivity index (χ2v) is 18.1. The number of fused-ring (bicyclic) bond motifs is 6. The van der Waals surface area contributed by atoms with E-state index < -0.39 is 0 Å². The predicted octanol–water partition coefficient (Wildman–Crippen LogP) is 18.9. The number of hydrogen-bond donors (Lipinski definition) is 4. The maximum absolute atomic E-state index is 4.01. The van der Waals surface area contributed by atoms with Gasteiger partial charge in [-0.2, -0.15) is 0 Å². The van der Waals surface area contributed by atoms with Gasteiger partial charge in [0.2, 0.25) is 0 Å². The molecule has 0 amide bonds. The van der Waals surface area contributed by atoms with Crippen molar-refractivity contribution in [3.63, 3.8) is 0 Å². The van der Waals surface area contributed by atoms with Crippen molar-refractivity contribution in [2.75, 3.05) is 21.3 Å². The van der Waals surface area contributed by atoms with E-state index in [1.807, 2.05) is 0 Å². The SMILES string of the molecule is c1cc(Nc2ccc3ccccc3c2)c(Nc2ccc3ccccc3c2)c(-c2ccc3cc4ccccc4cc3c2-c2cccc(Nc3ccc4ccccc4c3)c2Nc2ccc3ccccc3c2)c1. The van der Waals surface area contributed by atoms with E-state index in [1.54, 1.807) is 0 Å². The van der Waals surface area contributed by atoms with Gasteiger partial charge in [-0.25, -0.2) is 0 Å². The normalized spacial score (nSPS) is 11.4. The molecule has 4 N–H and O–H groups in total. The highest BCUT2D eigenvalue weighted by Crippen LogP contribution is 2.49. The Morgan fingerprint density at radius 1 is 0.200 bits per heavy atom. The molecule has 4 heteroatoms. The van der Waals surface area contributed by atoms with Crippen LogP contribution in [0.3, 0.4) is 0 Å². The molecule has 13 aromatic carbocycles. The summed E-state index contributed by atoms with van der Waals surface area (Å²) in [6.07, 6.45) is 0. The molecule has 0 atom stereocenters. The minimum atomic E-state index is 0.964. The number of hydrogen-bond acceptors (Lipinski definition) is 4. The van der Waals surface area contributed by atoms with Gasteiger partial charge in [-0.3, -0.25) is 0 Å². The van der Waals surface area contributed by atoms with Gasteiger partial charge in [-0.05, 0) is 149 Å². The third kappa shape index (κ3) is 7.74. The van der Waals surface area contributed by atoms with E-state index in [2.05, 4.69) is 276 Å². The van der Waals surface area contributed by atoms with Crippen molar-refractivity contribution < 1.29 is 0 Å². The van der Waals surface area contributed by atoms with Gasteiger partial charge >= 0.3 is 0 Å². The van der Waals surface area contributed by atoms with Crippen LogP contribution >= 0.6 is 0 Å². The molecule has 330 valence electrons. The molecule has 0 saturated carbocycles. The van der Waals surface area contributed by atoms with Crippen molar-refractivity contribution in [1.82, 2.24) is 0 Å². The Hall–Kier alpha value is -9.38. The maximum Gasteiger partial charge on any atom is 0.0703 e. The van der Waals surface area contributed by atoms with Crippen LogP contribution in [0, 0.1) is 0 Å². The molecule has 13 rings (SSSR count). The smallest absolute Gasteiger partial charge is 0.0703 e. The van der Waals surface area contributed by atoms with Gasteiger partial charge in [-0.1, -0.05) is 182 Å². The molecule has 0 saturated heterocycles. The largest absolute Gasteiger partial charge is 0.354 e. The first-order valence-electron chi connectivity index (χ1n) is 23.9. The van der Waals surface area contributed by atoms with Gasteiger partial charge in [0.25, 0.3) is 0 Å². The topological polar surface area (TPSA) is 48.1 Å². The molecule has 13 aromatic rings. The summed E-state index contributed by atoms with van der Waals surface area (Å²) in [5.74, 6) is 0. The molecule has 4 nitrogen and oxygen atoms in total. The van der Waals surface area contributed by atoms with E-state index in [1.165, 1.54) is 53.9 Å². The molecule has 70 heavy (non-hydrogen) atoms. The van der Waals surface area contributed by atoms with E-state index in [0.29, 0.717) is 0 Å².